The Labute approximate surface area is 119 Å². The van der Waals surface area contributed by atoms with Crippen molar-refractivity contribution in [1.29, 1.82) is 0 Å². The van der Waals surface area contributed by atoms with Gasteiger partial charge in [0.05, 0.1) is 24.7 Å². The van der Waals surface area contributed by atoms with Gasteiger partial charge in [0.15, 0.2) is 4.62 Å². The lowest BCUT2D eigenvalue weighted by atomic mass is 10.1. The van der Waals surface area contributed by atoms with Crippen LogP contribution in [0.3, 0.4) is 0 Å². The van der Waals surface area contributed by atoms with Crippen molar-refractivity contribution in [1.82, 2.24) is 0 Å². The number of carbonyl (C=O) groups excluding carboxylic acids is 1. The minimum absolute atomic E-state index is 0.213. The van der Waals surface area contributed by atoms with Crippen LogP contribution in [0.1, 0.15) is 41.0 Å². The Hall–Kier alpha value is -0.0900. The third-order valence-electron chi connectivity index (χ3n) is 3.08. The van der Waals surface area contributed by atoms with E-state index in [1.807, 2.05) is 0 Å². The van der Waals surface area contributed by atoms with E-state index in [0.29, 0.717) is 0 Å². The number of methoxy groups -OCH3 is 1. The van der Waals surface area contributed by atoms with Crippen molar-refractivity contribution in [2.24, 2.45) is 5.41 Å². The summed E-state index contributed by atoms with van der Waals surface area (Å²) in [5.41, 5.74) is -1.04. The summed E-state index contributed by atoms with van der Waals surface area (Å²) in [5.74, 6) is -0.498. The second-order valence-electron chi connectivity index (χ2n) is 5.57. The van der Waals surface area contributed by atoms with E-state index in [-0.39, 0.29) is 18.6 Å². The fourth-order valence-corrected chi connectivity index (χ4v) is 5.31. The molecule has 19 heavy (non-hydrogen) atoms. The van der Waals surface area contributed by atoms with Gasteiger partial charge in [-0.15, -0.1) is 11.6 Å². The normalized spacial score (nSPS) is 30.8. The van der Waals surface area contributed by atoms with Crippen LogP contribution in [-0.2, 0) is 23.1 Å². The number of hydrogen-bond acceptors (Lipinski definition) is 5. The third-order valence-corrected chi connectivity index (χ3v) is 7.17. The molecule has 0 N–H and O–H groups in total. The van der Waals surface area contributed by atoms with Gasteiger partial charge in [-0.05, 0) is 41.0 Å². The fourth-order valence-electron chi connectivity index (χ4n) is 2.02. The quantitative estimate of drug-likeness (QED) is 0.426. The van der Waals surface area contributed by atoms with E-state index < -0.39 is 23.6 Å². The highest BCUT2D eigenvalue weighted by molar-refractivity contribution is 7.58. The van der Waals surface area contributed by atoms with Gasteiger partial charge in [0.25, 0.3) is 0 Å². The Balaban J connectivity index is 3.08. The van der Waals surface area contributed by atoms with Crippen LogP contribution in [0.2, 0.25) is 0 Å². The Morgan fingerprint density at radius 3 is 1.95 bits per heavy atom. The zero-order valence-corrected chi connectivity index (χ0v) is 13.9. The lowest BCUT2D eigenvalue weighted by Crippen LogP contribution is -2.26. The molecular formula is C12H22ClO5P. The van der Waals surface area contributed by atoms with Crippen LogP contribution < -0.4 is 0 Å². The van der Waals surface area contributed by atoms with E-state index in [1.54, 1.807) is 34.6 Å². The molecule has 0 aromatic carbocycles. The van der Waals surface area contributed by atoms with Crippen molar-refractivity contribution in [3.63, 3.8) is 0 Å². The van der Waals surface area contributed by atoms with E-state index in [1.165, 1.54) is 7.11 Å². The largest absolute Gasteiger partial charge is 0.469 e. The summed E-state index contributed by atoms with van der Waals surface area (Å²) >= 11 is 6.41. The minimum atomic E-state index is -3.63. The highest BCUT2D eigenvalue weighted by Crippen LogP contribution is 2.82. The second-order valence-corrected chi connectivity index (χ2v) is 8.65. The predicted molar refractivity (Wildman–Crippen MR) is 73.4 cm³/mol. The molecule has 5 nitrogen and oxygen atoms in total. The molecule has 0 bridgehead atoms. The van der Waals surface area contributed by atoms with Gasteiger partial charge in [0.2, 0.25) is 0 Å². The van der Waals surface area contributed by atoms with Gasteiger partial charge in [-0.1, -0.05) is 0 Å². The topological polar surface area (TPSA) is 61.8 Å². The monoisotopic (exact) mass is 312 g/mol. The van der Waals surface area contributed by atoms with Gasteiger partial charge in [-0.25, -0.2) is 0 Å². The van der Waals surface area contributed by atoms with Crippen LogP contribution in [-0.4, -0.2) is 29.9 Å². The molecule has 2 atom stereocenters. The lowest BCUT2D eigenvalue weighted by molar-refractivity contribution is -0.146. The highest BCUT2D eigenvalue weighted by Gasteiger charge is 2.79. The number of rotatable bonds is 6. The average Bonchev–Trinajstić information content (AvgIpc) is 2.81. The standard InChI is InChI=1S/C12H22ClO5P/c1-8(2)17-19(15,18-9(3)4)12(13)7-11(12,5)10(14)16-6/h8-9H,7H2,1-6H3/t11-,12-/m1/s1. The van der Waals surface area contributed by atoms with Crippen molar-refractivity contribution in [2.45, 2.75) is 57.9 Å². The first kappa shape index (κ1) is 17.0. The summed E-state index contributed by atoms with van der Waals surface area (Å²) < 4.78 is 27.3. The number of hydrogen-bond donors (Lipinski definition) is 0. The van der Waals surface area contributed by atoms with Gasteiger partial charge in [0, 0.05) is 0 Å². The van der Waals surface area contributed by atoms with Crippen molar-refractivity contribution in [2.75, 3.05) is 7.11 Å². The van der Waals surface area contributed by atoms with Gasteiger partial charge in [-0.3, -0.25) is 9.36 Å². The first-order chi connectivity index (χ1) is 8.52. The van der Waals surface area contributed by atoms with Crippen LogP contribution in [0, 0.1) is 5.41 Å². The molecule has 1 aliphatic rings. The minimum Gasteiger partial charge on any atom is -0.469 e. The maximum absolute atomic E-state index is 13.0. The average molecular weight is 313 g/mol. The molecule has 1 rings (SSSR count). The maximum atomic E-state index is 13.0. The second kappa shape index (κ2) is 5.36. The summed E-state index contributed by atoms with van der Waals surface area (Å²) in [6.45, 7) is 8.59. The molecule has 0 amide bonds. The summed E-state index contributed by atoms with van der Waals surface area (Å²) in [4.78, 5) is 11.8. The predicted octanol–water partition coefficient (Wildman–Crippen LogP) is 3.55. The van der Waals surface area contributed by atoms with Gasteiger partial charge in [0.1, 0.15) is 0 Å². The molecule has 0 unspecified atom stereocenters. The van der Waals surface area contributed by atoms with Crippen LogP contribution >= 0.6 is 19.2 Å². The van der Waals surface area contributed by atoms with E-state index in [4.69, 9.17) is 25.4 Å². The summed E-state index contributed by atoms with van der Waals surface area (Å²) in [5, 5.41) is 0. The third kappa shape index (κ3) is 2.85. The molecule has 0 saturated heterocycles. The highest BCUT2D eigenvalue weighted by atomic mass is 35.5. The summed E-state index contributed by atoms with van der Waals surface area (Å²) in [7, 11) is -2.35. The van der Waals surface area contributed by atoms with E-state index in [9.17, 15) is 9.36 Å². The molecule has 0 aromatic heterocycles. The molecular weight excluding hydrogens is 291 g/mol. The van der Waals surface area contributed by atoms with E-state index in [2.05, 4.69) is 0 Å². The first-order valence-corrected chi connectivity index (χ1v) is 8.19. The van der Waals surface area contributed by atoms with Gasteiger partial charge >= 0.3 is 13.6 Å². The molecule has 0 radical (unpaired) electrons. The van der Waals surface area contributed by atoms with Crippen LogP contribution in [0.4, 0.5) is 0 Å². The molecule has 0 aliphatic heterocycles. The Bertz CT molecular complexity index is 397. The molecule has 0 aromatic rings. The zero-order chi connectivity index (χ0) is 15.1. The smallest absolute Gasteiger partial charge is 0.353 e. The molecule has 0 heterocycles. The molecule has 112 valence electrons. The lowest BCUT2D eigenvalue weighted by Gasteiger charge is -2.28. The van der Waals surface area contributed by atoms with Crippen molar-refractivity contribution in [3.05, 3.63) is 0 Å². The first-order valence-electron chi connectivity index (χ1n) is 6.26. The van der Waals surface area contributed by atoms with Gasteiger partial charge in [-0.2, -0.15) is 0 Å². The van der Waals surface area contributed by atoms with E-state index >= 15 is 0 Å². The molecule has 0 spiro atoms. The van der Waals surface area contributed by atoms with Crippen molar-refractivity contribution >= 4 is 25.2 Å². The number of ether oxygens (including phenoxy) is 1. The van der Waals surface area contributed by atoms with Crippen molar-refractivity contribution < 1.29 is 23.1 Å². The zero-order valence-electron chi connectivity index (χ0n) is 12.2. The van der Waals surface area contributed by atoms with Crippen LogP contribution in [0.15, 0.2) is 0 Å². The van der Waals surface area contributed by atoms with Crippen LogP contribution in [0.25, 0.3) is 0 Å². The molecule has 1 fully saturated rings. The summed E-state index contributed by atoms with van der Waals surface area (Å²) in [6.07, 6.45) is -0.421. The fraction of sp³-hybridized carbons (Fsp3) is 0.917. The Morgan fingerprint density at radius 1 is 1.21 bits per heavy atom. The number of esters is 1. The SMILES string of the molecule is COC(=O)[C@@]1(C)C[C@@]1(Cl)P(=O)(OC(C)C)OC(C)C. The number of carbonyl (C=O) groups is 1. The Kier molecular flexibility index (Phi) is 4.79. The Morgan fingerprint density at radius 2 is 1.63 bits per heavy atom. The van der Waals surface area contributed by atoms with E-state index in [0.717, 1.165) is 0 Å². The maximum Gasteiger partial charge on any atom is 0.353 e. The number of halogens is 1. The molecule has 7 heteroatoms. The van der Waals surface area contributed by atoms with Crippen LogP contribution in [0.5, 0.6) is 0 Å². The van der Waals surface area contributed by atoms with Gasteiger partial charge < -0.3 is 13.8 Å². The molecule has 1 aliphatic carbocycles. The van der Waals surface area contributed by atoms with Crippen molar-refractivity contribution in [3.8, 4) is 0 Å². The summed E-state index contributed by atoms with van der Waals surface area (Å²) in [6, 6.07) is 0. The number of alkyl halides is 1. The molecule has 1 saturated carbocycles.